The van der Waals surface area contributed by atoms with Crippen molar-refractivity contribution in [2.45, 2.75) is 60.2 Å². The maximum absolute atomic E-state index is 7.54. The van der Waals surface area contributed by atoms with Gasteiger partial charge in [0.1, 0.15) is 0 Å². The van der Waals surface area contributed by atoms with E-state index < -0.39 is 5.79 Å². The highest BCUT2D eigenvalue weighted by Crippen LogP contribution is 2.35. The highest BCUT2D eigenvalue weighted by atomic mass is 16.7. The molecule has 1 aliphatic heterocycles. The molecule has 2 rings (SSSR count). The Balaban J connectivity index is 2.36. The molecule has 0 unspecified atom stereocenters. The van der Waals surface area contributed by atoms with E-state index in [9.17, 15) is 0 Å². The minimum Gasteiger partial charge on any atom is -0.349 e. The maximum Gasteiger partial charge on any atom is 0.177 e. The third-order valence-corrected chi connectivity index (χ3v) is 4.83. The fourth-order valence-electron chi connectivity index (χ4n) is 3.02. The smallest absolute Gasteiger partial charge is 0.177 e. The summed E-state index contributed by atoms with van der Waals surface area (Å²) in [6, 6.07) is 2.24. The van der Waals surface area contributed by atoms with Crippen LogP contribution in [0.5, 0.6) is 0 Å². The van der Waals surface area contributed by atoms with Gasteiger partial charge in [0.2, 0.25) is 0 Å². The Kier molecular flexibility index (Phi) is 4.78. The van der Waals surface area contributed by atoms with Crippen molar-refractivity contribution in [1.29, 1.82) is 5.41 Å². The van der Waals surface area contributed by atoms with E-state index in [1.165, 1.54) is 34.0 Å². The Morgan fingerprint density at radius 3 is 2.00 bits per heavy atom. The van der Waals surface area contributed by atoms with Gasteiger partial charge in [0.05, 0.1) is 13.2 Å². The zero-order chi connectivity index (χ0) is 16.5. The third-order valence-electron chi connectivity index (χ3n) is 4.83. The second kappa shape index (κ2) is 6.13. The SMILES string of the molecule is Cc1cc(C)c(C)c(CC2(CC=N)OCC(C)(C)CO2)c1C. The lowest BCUT2D eigenvalue weighted by atomic mass is 9.87. The molecule has 0 bridgehead atoms. The molecule has 1 N–H and O–H groups in total. The van der Waals surface area contributed by atoms with Crippen LogP contribution in [0.4, 0.5) is 0 Å². The lowest BCUT2D eigenvalue weighted by Crippen LogP contribution is -2.49. The summed E-state index contributed by atoms with van der Waals surface area (Å²) in [5.74, 6) is -0.687. The summed E-state index contributed by atoms with van der Waals surface area (Å²) in [6.07, 6.45) is 2.61. The number of hydrogen-bond donors (Lipinski definition) is 1. The number of hydrogen-bond acceptors (Lipinski definition) is 3. The van der Waals surface area contributed by atoms with Gasteiger partial charge in [-0.3, -0.25) is 0 Å². The van der Waals surface area contributed by atoms with E-state index in [2.05, 4.69) is 47.6 Å². The van der Waals surface area contributed by atoms with Crippen LogP contribution in [-0.2, 0) is 15.9 Å². The van der Waals surface area contributed by atoms with Crippen molar-refractivity contribution in [3.05, 3.63) is 33.9 Å². The van der Waals surface area contributed by atoms with Gasteiger partial charge in [0.15, 0.2) is 5.79 Å². The summed E-state index contributed by atoms with van der Waals surface area (Å²) in [4.78, 5) is 0. The molecule has 1 aromatic rings. The Hall–Kier alpha value is -1.19. The molecular weight excluding hydrogens is 274 g/mol. The van der Waals surface area contributed by atoms with Crippen LogP contribution >= 0.6 is 0 Å². The minimum atomic E-state index is -0.687. The van der Waals surface area contributed by atoms with E-state index in [0.717, 1.165) is 0 Å². The summed E-state index contributed by atoms with van der Waals surface area (Å²) < 4.78 is 12.3. The minimum absolute atomic E-state index is 0.0398. The summed E-state index contributed by atoms with van der Waals surface area (Å²) in [7, 11) is 0. The van der Waals surface area contributed by atoms with Crippen LogP contribution in [0, 0.1) is 38.5 Å². The molecule has 1 aromatic carbocycles. The lowest BCUT2D eigenvalue weighted by molar-refractivity contribution is -0.294. The predicted molar refractivity (Wildman–Crippen MR) is 90.9 cm³/mol. The number of nitrogens with one attached hydrogen (secondary N) is 1. The molecule has 0 spiro atoms. The van der Waals surface area contributed by atoms with E-state index in [1.807, 2.05) is 0 Å². The number of ether oxygens (including phenoxy) is 2. The average molecular weight is 303 g/mol. The zero-order valence-corrected chi connectivity index (χ0v) is 14.8. The standard InChI is InChI=1S/C19H29NO2/c1-13-9-14(2)16(4)17(15(13)3)10-19(7-8-20)21-11-18(5,6)12-22-19/h8-9,20H,7,10-12H2,1-6H3. The molecule has 0 atom stereocenters. The molecule has 0 aliphatic carbocycles. The number of benzene rings is 1. The van der Waals surface area contributed by atoms with Gasteiger partial charge in [0.25, 0.3) is 0 Å². The summed E-state index contributed by atoms with van der Waals surface area (Å²) in [5, 5.41) is 7.54. The molecule has 0 amide bonds. The van der Waals surface area contributed by atoms with Crippen molar-refractivity contribution in [1.82, 2.24) is 0 Å². The van der Waals surface area contributed by atoms with Crippen molar-refractivity contribution in [3.8, 4) is 0 Å². The van der Waals surface area contributed by atoms with Gasteiger partial charge in [-0.1, -0.05) is 19.9 Å². The van der Waals surface area contributed by atoms with E-state index in [0.29, 0.717) is 26.1 Å². The van der Waals surface area contributed by atoms with E-state index in [4.69, 9.17) is 14.9 Å². The van der Waals surface area contributed by atoms with Gasteiger partial charge in [-0.2, -0.15) is 0 Å². The Bertz CT molecular complexity index is 539. The first kappa shape index (κ1) is 17.2. The third kappa shape index (κ3) is 3.41. The number of rotatable bonds is 4. The molecule has 122 valence electrons. The van der Waals surface area contributed by atoms with Crippen LogP contribution < -0.4 is 0 Å². The van der Waals surface area contributed by atoms with Crippen molar-refractivity contribution in [2.75, 3.05) is 13.2 Å². The second-order valence-electron chi connectivity index (χ2n) is 7.48. The molecule has 22 heavy (non-hydrogen) atoms. The normalized spacial score (nSPS) is 19.9. The molecule has 0 radical (unpaired) electrons. The van der Waals surface area contributed by atoms with E-state index in [-0.39, 0.29) is 5.41 Å². The van der Waals surface area contributed by atoms with Crippen molar-refractivity contribution >= 4 is 6.21 Å². The highest BCUT2D eigenvalue weighted by molar-refractivity contribution is 5.55. The molecule has 1 heterocycles. The average Bonchev–Trinajstić information content (AvgIpc) is 2.45. The predicted octanol–water partition coefficient (Wildman–Crippen LogP) is 4.27. The first-order valence-electron chi connectivity index (χ1n) is 8.03. The second-order valence-corrected chi connectivity index (χ2v) is 7.48. The van der Waals surface area contributed by atoms with Gasteiger partial charge >= 0.3 is 0 Å². The van der Waals surface area contributed by atoms with Gasteiger partial charge in [-0.15, -0.1) is 0 Å². The summed E-state index contributed by atoms with van der Waals surface area (Å²) >= 11 is 0. The van der Waals surface area contributed by atoms with Crippen molar-refractivity contribution in [2.24, 2.45) is 5.41 Å². The first-order chi connectivity index (χ1) is 10.2. The maximum atomic E-state index is 7.54. The molecule has 0 saturated carbocycles. The van der Waals surface area contributed by atoms with Gasteiger partial charge in [-0.05, 0) is 55.5 Å². The Morgan fingerprint density at radius 2 is 1.55 bits per heavy atom. The molecular formula is C19H29NO2. The van der Waals surface area contributed by atoms with Gasteiger partial charge < -0.3 is 14.9 Å². The molecule has 1 fully saturated rings. The van der Waals surface area contributed by atoms with Gasteiger partial charge in [0, 0.05) is 24.5 Å². The molecule has 1 aliphatic rings. The summed E-state index contributed by atoms with van der Waals surface area (Å²) in [6.45, 7) is 14.3. The molecule has 0 aromatic heterocycles. The van der Waals surface area contributed by atoms with Gasteiger partial charge in [-0.25, -0.2) is 0 Å². The lowest BCUT2D eigenvalue weighted by Gasteiger charge is -2.43. The van der Waals surface area contributed by atoms with Crippen LogP contribution in [0.3, 0.4) is 0 Å². The van der Waals surface area contributed by atoms with Crippen LogP contribution in [0.15, 0.2) is 6.07 Å². The first-order valence-corrected chi connectivity index (χ1v) is 8.03. The molecule has 1 saturated heterocycles. The largest absolute Gasteiger partial charge is 0.349 e. The fraction of sp³-hybridized carbons (Fsp3) is 0.632. The quantitative estimate of drug-likeness (QED) is 0.844. The highest BCUT2D eigenvalue weighted by Gasteiger charge is 2.40. The van der Waals surface area contributed by atoms with Crippen molar-refractivity contribution < 1.29 is 9.47 Å². The van der Waals surface area contributed by atoms with Crippen LogP contribution in [0.1, 0.15) is 48.1 Å². The Morgan fingerprint density at radius 1 is 1.05 bits per heavy atom. The van der Waals surface area contributed by atoms with Crippen LogP contribution in [0.25, 0.3) is 0 Å². The topological polar surface area (TPSA) is 42.3 Å². The van der Waals surface area contributed by atoms with Crippen LogP contribution in [0.2, 0.25) is 0 Å². The zero-order valence-electron chi connectivity index (χ0n) is 14.8. The Labute approximate surface area is 134 Å². The monoisotopic (exact) mass is 303 g/mol. The van der Waals surface area contributed by atoms with Crippen LogP contribution in [-0.4, -0.2) is 25.2 Å². The fourth-order valence-corrected chi connectivity index (χ4v) is 3.02. The molecule has 3 heteroatoms. The summed E-state index contributed by atoms with van der Waals surface area (Å²) in [5.41, 5.74) is 6.57. The number of aryl methyl sites for hydroxylation is 2. The molecule has 3 nitrogen and oxygen atoms in total. The van der Waals surface area contributed by atoms with E-state index in [1.54, 1.807) is 0 Å². The van der Waals surface area contributed by atoms with E-state index >= 15 is 0 Å². The van der Waals surface area contributed by atoms with Crippen molar-refractivity contribution in [3.63, 3.8) is 0 Å².